The van der Waals surface area contributed by atoms with Crippen LogP contribution >= 0.6 is 12.4 Å². The summed E-state index contributed by atoms with van der Waals surface area (Å²) in [6.07, 6.45) is 7.18. The van der Waals surface area contributed by atoms with Crippen LogP contribution in [0.15, 0.2) is 18.2 Å². The zero-order valence-electron chi connectivity index (χ0n) is 13.0. The number of carbonyl (C=O) groups excluding carboxylic acids is 1. The van der Waals surface area contributed by atoms with E-state index in [0.29, 0.717) is 12.0 Å². The number of aryl methyl sites for hydroxylation is 1. The van der Waals surface area contributed by atoms with Crippen LogP contribution in [0.3, 0.4) is 0 Å². The van der Waals surface area contributed by atoms with Crippen molar-refractivity contribution < 1.29 is 4.79 Å². The lowest BCUT2D eigenvalue weighted by atomic mass is 9.83. The number of halogens is 1. The Labute approximate surface area is 138 Å². The first-order valence-electron chi connectivity index (χ1n) is 8.45. The fraction of sp³-hybridized carbons (Fsp3) is 0.611. The molecule has 3 fully saturated rings. The quantitative estimate of drug-likeness (QED) is 0.909. The van der Waals surface area contributed by atoms with Gasteiger partial charge in [0.2, 0.25) is 0 Å². The van der Waals surface area contributed by atoms with Gasteiger partial charge in [-0.3, -0.25) is 4.79 Å². The largest absolute Gasteiger partial charge is 0.348 e. The number of carbonyl (C=O) groups is 1. The van der Waals surface area contributed by atoms with E-state index in [2.05, 4.69) is 22.3 Å². The highest BCUT2D eigenvalue weighted by molar-refractivity contribution is 5.96. The third-order valence-corrected chi connectivity index (χ3v) is 5.61. The summed E-state index contributed by atoms with van der Waals surface area (Å²) in [6, 6.07) is 6.62. The topological polar surface area (TPSA) is 32.3 Å². The second-order valence-electron chi connectivity index (χ2n) is 6.87. The first-order valence-corrected chi connectivity index (χ1v) is 8.45. The molecule has 0 unspecified atom stereocenters. The second kappa shape index (κ2) is 6.59. The molecule has 4 aliphatic rings. The maximum absolute atomic E-state index is 12.7. The Morgan fingerprint density at radius 3 is 2.64 bits per heavy atom. The Morgan fingerprint density at radius 1 is 1.14 bits per heavy atom. The SMILES string of the molecule is Cl.O=C(N[C@@H]1CN2CCC1CC2)c1cccc2c1CCCC2. The van der Waals surface area contributed by atoms with Gasteiger partial charge in [-0.25, -0.2) is 0 Å². The van der Waals surface area contributed by atoms with Gasteiger partial charge in [-0.15, -0.1) is 12.4 Å². The van der Waals surface area contributed by atoms with Crippen molar-refractivity contribution in [2.24, 2.45) is 5.92 Å². The summed E-state index contributed by atoms with van der Waals surface area (Å²) in [5.74, 6) is 0.853. The lowest BCUT2D eigenvalue weighted by molar-refractivity contribution is 0.0620. The van der Waals surface area contributed by atoms with Crippen molar-refractivity contribution in [3.63, 3.8) is 0 Å². The highest BCUT2D eigenvalue weighted by atomic mass is 35.5. The molecule has 0 spiro atoms. The van der Waals surface area contributed by atoms with Crippen molar-refractivity contribution in [3.8, 4) is 0 Å². The summed E-state index contributed by atoms with van der Waals surface area (Å²) in [6.45, 7) is 3.49. The molecular weight excluding hydrogens is 296 g/mol. The summed E-state index contributed by atoms with van der Waals surface area (Å²) in [7, 11) is 0. The number of piperidine rings is 3. The fourth-order valence-electron chi connectivity index (χ4n) is 4.37. The van der Waals surface area contributed by atoms with Gasteiger partial charge < -0.3 is 10.2 Å². The molecule has 5 rings (SSSR count). The van der Waals surface area contributed by atoms with Crippen LogP contribution in [-0.4, -0.2) is 36.5 Å². The smallest absolute Gasteiger partial charge is 0.251 e. The minimum atomic E-state index is 0. The number of amides is 1. The zero-order valence-corrected chi connectivity index (χ0v) is 13.8. The van der Waals surface area contributed by atoms with Crippen molar-refractivity contribution in [1.82, 2.24) is 10.2 Å². The first kappa shape index (κ1) is 15.8. The monoisotopic (exact) mass is 320 g/mol. The average molecular weight is 321 g/mol. The number of fused-ring (bicyclic) bond motifs is 4. The lowest BCUT2D eigenvalue weighted by Crippen LogP contribution is -2.57. The van der Waals surface area contributed by atoms with E-state index in [0.717, 1.165) is 24.9 Å². The second-order valence-corrected chi connectivity index (χ2v) is 6.87. The number of nitrogens with one attached hydrogen (secondary N) is 1. The normalized spacial score (nSPS) is 29.4. The number of benzene rings is 1. The highest BCUT2D eigenvalue weighted by Crippen LogP contribution is 2.29. The molecule has 4 heteroatoms. The van der Waals surface area contributed by atoms with Gasteiger partial charge >= 0.3 is 0 Å². The van der Waals surface area contributed by atoms with Crippen LogP contribution in [0.25, 0.3) is 0 Å². The molecule has 120 valence electrons. The zero-order chi connectivity index (χ0) is 14.2. The van der Waals surface area contributed by atoms with Crippen molar-refractivity contribution in [2.75, 3.05) is 19.6 Å². The molecule has 1 aromatic rings. The average Bonchev–Trinajstić information content (AvgIpc) is 2.55. The van der Waals surface area contributed by atoms with Crippen molar-refractivity contribution in [3.05, 3.63) is 34.9 Å². The van der Waals surface area contributed by atoms with Gasteiger partial charge in [0.25, 0.3) is 5.91 Å². The van der Waals surface area contributed by atoms with Crippen LogP contribution in [0.4, 0.5) is 0 Å². The molecule has 1 aromatic carbocycles. The molecule has 3 saturated heterocycles. The van der Waals surface area contributed by atoms with Gasteiger partial charge in [0.05, 0.1) is 0 Å². The molecule has 3 aliphatic heterocycles. The summed E-state index contributed by atoms with van der Waals surface area (Å²) >= 11 is 0. The Hall–Kier alpha value is -1.06. The molecule has 1 N–H and O–H groups in total. The van der Waals surface area contributed by atoms with Crippen LogP contribution in [0.2, 0.25) is 0 Å². The van der Waals surface area contributed by atoms with Crippen molar-refractivity contribution in [1.29, 1.82) is 0 Å². The van der Waals surface area contributed by atoms with Crippen LogP contribution in [0, 0.1) is 5.92 Å². The molecule has 3 heterocycles. The van der Waals surface area contributed by atoms with Crippen LogP contribution < -0.4 is 5.32 Å². The lowest BCUT2D eigenvalue weighted by Gasteiger charge is -2.45. The minimum absolute atomic E-state index is 0. The van der Waals surface area contributed by atoms with E-state index in [-0.39, 0.29) is 18.3 Å². The third kappa shape index (κ3) is 2.89. The van der Waals surface area contributed by atoms with Crippen LogP contribution in [-0.2, 0) is 12.8 Å². The van der Waals surface area contributed by atoms with Gasteiger partial charge in [0, 0.05) is 18.2 Å². The van der Waals surface area contributed by atoms with Crippen LogP contribution in [0.1, 0.15) is 47.2 Å². The van der Waals surface area contributed by atoms with E-state index in [1.807, 2.05) is 6.07 Å². The van der Waals surface area contributed by atoms with E-state index < -0.39 is 0 Å². The molecule has 22 heavy (non-hydrogen) atoms. The molecule has 0 saturated carbocycles. The van der Waals surface area contributed by atoms with Crippen molar-refractivity contribution in [2.45, 2.75) is 44.6 Å². The van der Waals surface area contributed by atoms with E-state index in [1.165, 1.54) is 49.9 Å². The summed E-state index contributed by atoms with van der Waals surface area (Å²) in [5, 5.41) is 3.34. The predicted molar refractivity (Wildman–Crippen MR) is 90.8 cm³/mol. The van der Waals surface area contributed by atoms with E-state index >= 15 is 0 Å². The first-order chi connectivity index (χ1) is 10.3. The van der Waals surface area contributed by atoms with Gasteiger partial charge in [0.1, 0.15) is 0 Å². The molecule has 0 aromatic heterocycles. The van der Waals surface area contributed by atoms with Crippen LogP contribution in [0.5, 0.6) is 0 Å². The summed E-state index contributed by atoms with van der Waals surface area (Å²) < 4.78 is 0. The molecule has 1 amide bonds. The Bertz CT molecular complexity index is 552. The predicted octanol–water partition coefficient (Wildman–Crippen LogP) is 2.81. The maximum atomic E-state index is 12.7. The molecule has 1 atom stereocenters. The van der Waals surface area contributed by atoms with E-state index in [4.69, 9.17) is 0 Å². The molecule has 0 radical (unpaired) electrons. The van der Waals surface area contributed by atoms with E-state index in [1.54, 1.807) is 0 Å². The van der Waals surface area contributed by atoms with Gasteiger partial charge in [-0.1, -0.05) is 12.1 Å². The Kier molecular flexibility index (Phi) is 4.74. The summed E-state index contributed by atoms with van der Waals surface area (Å²) in [4.78, 5) is 15.2. The van der Waals surface area contributed by atoms with Gasteiger partial charge in [0.15, 0.2) is 0 Å². The number of hydrogen-bond donors (Lipinski definition) is 1. The molecule has 2 bridgehead atoms. The Balaban J connectivity index is 0.00000144. The molecule has 3 nitrogen and oxygen atoms in total. The Morgan fingerprint density at radius 2 is 1.91 bits per heavy atom. The molecule has 1 aliphatic carbocycles. The van der Waals surface area contributed by atoms with Gasteiger partial charge in [-0.05, 0) is 74.7 Å². The van der Waals surface area contributed by atoms with Gasteiger partial charge in [-0.2, -0.15) is 0 Å². The number of hydrogen-bond acceptors (Lipinski definition) is 2. The number of rotatable bonds is 2. The highest BCUT2D eigenvalue weighted by Gasteiger charge is 2.35. The van der Waals surface area contributed by atoms with E-state index in [9.17, 15) is 4.79 Å². The minimum Gasteiger partial charge on any atom is -0.348 e. The number of nitrogens with zero attached hydrogens (tertiary/aromatic N) is 1. The maximum Gasteiger partial charge on any atom is 0.251 e. The standard InChI is InChI=1S/C18H24N2O.ClH/c21-18(19-17-12-20-10-8-14(17)9-11-20)16-7-3-5-13-4-1-2-6-15(13)16;/h3,5,7,14,17H,1-2,4,6,8-12H2,(H,19,21);1H/t17-;/m1./s1. The third-order valence-electron chi connectivity index (χ3n) is 5.61. The van der Waals surface area contributed by atoms with Crippen molar-refractivity contribution >= 4 is 18.3 Å². The molecular formula is C18H25ClN2O. The fourth-order valence-corrected chi connectivity index (χ4v) is 4.37. The summed E-state index contributed by atoms with van der Waals surface area (Å²) in [5.41, 5.74) is 3.63.